The van der Waals surface area contributed by atoms with E-state index in [1.165, 1.54) is 5.56 Å². The molecule has 0 spiro atoms. The standard InChI is InChI=1S/C12H19N3O.C2H6/c1-10-3-4-13-12(7-10)14-8-11-9-15(2)5-6-16-11;1-2/h3-4,7,11H,5-6,8-9H2,1-2H3,(H,13,14);1-2H3. The van der Waals surface area contributed by atoms with Gasteiger partial charge in [0.1, 0.15) is 5.82 Å². The van der Waals surface area contributed by atoms with E-state index < -0.39 is 0 Å². The molecule has 1 unspecified atom stereocenters. The van der Waals surface area contributed by atoms with Crippen LogP contribution in [0, 0.1) is 6.92 Å². The second kappa shape index (κ2) is 8.06. The largest absolute Gasteiger partial charge is 0.374 e. The van der Waals surface area contributed by atoms with Crippen LogP contribution in [0.2, 0.25) is 0 Å². The first-order chi connectivity index (χ1) is 8.74. The summed E-state index contributed by atoms with van der Waals surface area (Å²) in [5.74, 6) is 0.928. The summed E-state index contributed by atoms with van der Waals surface area (Å²) in [5, 5.41) is 3.31. The Kier molecular flexibility index (Phi) is 6.68. The Bertz CT molecular complexity index is 344. The van der Waals surface area contributed by atoms with Crippen LogP contribution >= 0.6 is 0 Å². The van der Waals surface area contributed by atoms with Crippen LogP contribution in [0.15, 0.2) is 18.3 Å². The van der Waals surface area contributed by atoms with Gasteiger partial charge in [0.25, 0.3) is 0 Å². The second-order valence-electron chi connectivity index (χ2n) is 4.35. The minimum Gasteiger partial charge on any atom is -0.374 e. The van der Waals surface area contributed by atoms with Crippen LogP contribution in [-0.2, 0) is 4.74 Å². The van der Waals surface area contributed by atoms with Crippen LogP contribution in [0.3, 0.4) is 0 Å². The second-order valence-corrected chi connectivity index (χ2v) is 4.35. The zero-order valence-electron chi connectivity index (χ0n) is 11.9. The van der Waals surface area contributed by atoms with E-state index in [9.17, 15) is 0 Å². The number of likely N-dealkylation sites (N-methyl/N-ethyl adjacent to an activating group) is 1. The third kappa shape index (κ3) is 5.02. The minimum atomic E-state index is 0.265. The number of aryl methyl sites for hydroxylation is 1. The van der Waals surface area contributed by atoms with Gasteiger partial charge in [-0.3, -0.25) is 0 Å². The van der Waals surface area contributed by atoms with E-state index in [1.807, 2.05) is 32.2 Å². The van der Waals surface area contributed by atoms with Crippen molar-refractivity contribution in [2.75, 3.05) is 38.6 Å². The van der Waals surface area contributed by atoms with E-state index in [0.29, 0.717) is 0 Å². The normalized spacial score (nSPS) is 19.9. The van der Waals surface area contributed by atoms with E-state index in [2.05, 4.69) is 29.2 Å². The van der Waals surface area contributed by atoms with E-state index in [1.54, 1.807) is 0 Å². The van der Waals surface area contributed by atoms with Gasteiger partial charge in [-0.25, -0.2) is 4.98 Å². The van der Waals surface area contributed by atoms with Gasteiger partial charge < -0.3 is 15.0 Å². The molecule has 2 rings (SSSR count). The van der Waals surface area contributed by atoms with Crippen molar-refractivity contribution in [2.24, 2.45) is 0 Å². The average molecular weight is 251 g/mol. The lowest BCUT2D eigenvalue weighted by atomic mass is 10.2. The van der Waals surface area contributed by atoms with E-state index in [0.717, 1.165) is 32.1 Å². The van der Waals surface area contributed by atoms with Crippen LogP contribution in [0.4, 0.5) is 5.82 Å². The van der Waals surface area contributed by atoms with Gasteiger partial charge in [0, 0.05) is 25.8 Å². The van der Waals surface area contributed by atoms with Crippen molar-refractivity contribution in [3.63, 3.8) is 0 Å². The van der Waals surface area contributed by atoms with Crippen LogP contribution in [0.1, 0.15) is 19.4 Å². The average Bonchev–Trinajstić information content (AvgIpc) is 2.39. The maximum absolute atomic E-state index is 5.67. The first-order valence-corrected chi connectivity index (χ1v) is 6.71. The number of nitrogens with one attached hydrogen (secondary N) is 1. The Balaban J connectivity index is 0.000000771. The fourth-order valence-electron chi connectivity index (χ4n) is 1.84. The van der Waals surface area contributed by atoms with Crippen LogP contribution in [0.25, 0.3) is 0 Å². The molecular formula is C14H25N3O. The summed E-state index contributed by atoms with van der Waals surface area (Å²) in [7, 11) is 2.13. The number of rotatable bonds is 3. The SMILES string of the molecule is CC.Cc1ccnc(NCC2CN(C)CCO2)c1. The van der Waals surface area contributed by atoms with Gasteiger partial charge in [0.2, 0.25) is 0 Å². The summed E-state index contributed by atoms with van der Waals surface area (Å²) in [5.41, 5.74) is 1.22. The summed E-state index contributed by atoms with van der Waals surface area (Å²) in [6.07, 6.45) is 2.09. The number of morpholine rings is 1. The molecule has 0 amide bonds. The predicted molar refractivity (Wildman–Crippen MR) is 76.0 cm³/mol. The Hall–Kier alpha value is -1.13. The molecule has 1 atom stereocenters. The number of hydrogen-bond donors (Lipinski definition) is 1. The summed E-state index contributed by atoms with van der Waals surface area (Å²) in [4.78, 5) is 6.55. The molecule has 102 valence electrons. The summed E-state index contributed by atoms with van der Waals surface area (Å²) in [6, 6.07) is 4.04. The number of aromatic nitrogens is 1. The first kappa shape index (κ1) is 14.9. The van der Waals surface area contributed by atoms with Gasteiger partial charge in [0.15, 0.2) is 0 Å². The fourth-order valence-corrected chi connectivity index (χ4v) is 1.84. The van der Waals surface area contributed by atoms with Gasteiger partial charge in [-0.2, -0.15) is 0 Å². The molecule has 2 heterocycles. The smallest absolute Gasteiger partial charge is 0.126 e. The lowest BCUT2D eigenvalue weighted by Crippen LogP contribution is -2.43. The Morgan fingerprint density at radius 2 is 2.28 bits per heavy atom. The number of pyridine rings is 1. The van der Waals surface area contributed by atoms with Gasteiger partial charge in [-0.15, -0.1) is 0 Å². The molecule has 18 heavy (non-hydrogen) atoms. The van der Waals surface area contributed by atoms with Crippen molar-refractivity contribution in [2.45, 2.75) is 26.9 Å². The number of nitrogens with zero attached hydrogens (tertiary/aromatic N) is 2. The van der Waals surface area contributed by atoms with Crippen LogP contribution in [-0.4, -0.2) is 49.3 Å². The van der Waals surface area contributed by atoms with Gasteiger partial charge >= 0.3 is 0 Å². The molecule has 0 aliphatic carbocycles. The third-order valence-electron chi connectivity index (χ3n) is 2.77. The number of hydrogen-bond acceptors (Lipinski definition) is 4. The van der Waals surface area contributed by atoms with E-state index in [-0.39, 0.29) is 6.10 Å². The van der Waals surface area contributed by atoms with Gasteiger partial charge in [-0.05, 0) is 31.7 Å². The monoisotopic (exact) mass is 251 g/mol. The zero-order valence-corrected chi connectivity index (χ0v) is 11.9. The van der Waals surface area contributed by atoms with Crippen molar-refractivity contribution in [1.29, 1.82) is 0 Å². The molecule has 1 aliphatic rings. The highest BCUT2D eigenvalue weighted by Gasteiger charge is 2.17. The number of anilines is 1. The quantitative estimate of drug-likeness (QED) is 0.893. The lowest BCUT2D eigenvalue weighted by Gasteiger charge is -2.30. The molecule has 0 bridgehead atoms. The van der Waals surface area contributed by atoms with E-state index in [4.69, 9.17) is 4.74 Å². The topological polar surface area (TPSA) is 37.4 Å². The predicted octanol–water partition coefficient (Wildman–Crippen LogP) is 2.16. The molecular weight excluding hydrogens is 226 g/mol. The van der Waals surface area contributed by atoms with Gasteiger partial charge in [0.05, 0.1) is 12.7 Å². The van der Waals surface area contributed by atoms with Gasteiger partial charge in [-0.1, -0.05) is 13.8 Å². The van der Waals surface area contributed by atoms with Crippen LogP contribution < -0.4 is 5.32 Å². The Morgan fingerprint density at radius 3 is 2.94 bits per heavy atom. The zero-order chi connectivity index (χ0) is 13.4. The third-order valence-corrected chi connectivity index (χ3v) is 2.77. The fraction of sp³-hybridized carbons (Fsp3) is 0.643. The first-order valence-electron chi connectivity index (χ1n) is 6.71. The minimum absolute atomic E-state index is 0.265. The van der Waals surface area contributed by atoms with Crippen molar-refractivity contribution in [3.8, 4) is 0 Å². The highest BCUT2D eigenvalue weighted by Crippen LogP contribution is 2.07. The molecule has 0 saturated carbocycles. The van der Waals surface area contributed by atoms with Crippen molar-refractivity contribution < 1.29 is 4.74 Å². The van der Waals surface area contributed by atoms with Crippen molar-refractivity contribution in [3.05, 3.63) is 23.9 Å². The Labute approximate surface area is 110 Å². The highest BCUT2D eigenvalue weighted by molar-refractivity contribution is 5.36. The van der Waals surface area contributed by atoms with Crippen LogP contribution in [0.5, 0.6) is 0 Å². The Morgan fingerprint density at radius 1 is 1.50 bits per heavy atom. The van der Waals surface area contributed by atoms with Crippen molar-refractivity contribution >= 4 is 5.82 Å². The summed E-state index contributed by atoms with van der Waals surface area (Å²) < 4.78 is 5.67. The maximum Gasteiger partial charge on any atom is 0.126 e. The molecule has 0 aromatic carbocycles. The molecule has 1 aliphatic heterocycles. The molecule has 1 saturated heterocycles. The van der Waals surface area contributed by atoms with Crippen molar-refractivity contribution in [1.82, 2.24) is 9.88 Å². The molecule has 1 fully saturated rings. The summed E-state index contributed by atoms with van der Waals surface area (Å²) >= 11 is 0. The molecule has 4 heteroatoms. The highest BCUT2D eigenvalue weighted by atomic mass is 16.5. The molecule has 4 nitrogen and oxygen atoms in total. The lowest BCUT2D eigenvalue weighted by molar-refractivity contribution is -0.0117. The van der Waals surface area contributed by atoms with E-state index >= 15 is 0 Å². The summed E-state index contributed by atoms with van der Waals surface area (Å²) in [6.45, 7) is 9.72. The molecule has 0 radical (unpaired) electrons. The molecule has 1 aromatic rings. The maximum atomic E-state index is 5.67. The molecule has 1 N–H and O–H groups in total. The molecule has 1 aromatic heterocycles. The number of ether oxygens (including phenoxy) is 1.